The lowest BCUT2D eigenvalue weighted by Crippen LogP contribution is -1.95. The second-order valence-electron chi connectivity index (χ2n) is 3.68. The summed E-state index contributed by atoms with van der Waals surface area (Å²) in [4.78, 5) is 0. The molecule has 0 aliphatic rings. The van der Waals surface area contributed by atoms with Gasteiger partial charge in [0.15, 0.2) is 6.17 Å². The van der Waals surface area contributed by atoms with Crippen LogP contribution in [0.25, 0.3) is 0 Å². The monoisotopic (exact) mass is 216 g/mol. The van der Waals surface area contributed by atoms with Gasteiger partial charge in [0.2, 0.25) is 0 Å². The second-order valence-corrected chi connectivity index (χ2v) is 3.68. The van der Waals surface area contributed by atoms with E-state index in [1.165, 1.54) is 0 Å². The van der Waals surface area contributed by atoms with Gasteiger partial charge in [-0.2, -0.15) is 0 Å². The molecule has 0 bridgehead atoms. The van der Waals surface area contributed by atoms with E-state index in [1.54, 1.807) is 36.4 Å². The van der Waals surface area contributed by atoms with Gasteiger partial charge in [-0.05, 0) is 16.7 Å². The van der Waals surface area contributed by atoms with E-state index < -0.39 is 6.17 Å². The van der Waals surface area contributed by atoms with Crippen LogP contribution in [0.1, 0.15) is 22.9 Å². The SMILES string of the molecule is OCc1cccc(C(F)c2ccccc2)c1. The summed E-state index contributed by atoms with van der Waals surface area (Å²) < 4.78 is 14.1. The van der Waals surface area contributed by atoms with E-state index in [0.717, 1.165) is 5.56 Å². The minimum atomic E-state index is -1.13. The molecule has 0 saturated carbocycles. The van der Waals surface area contributed by atoms with Crippen LogP contribution in [-0.2, 0) is 6.61 Å². The zero-order valence-electron chi connectivity index (χ0n) is 8.81. The first-order valence-electron chi connectivity index (χ1n) is 5.20. The van der Waals surface area contributed by atoms with Crippen LogP contribution in [0.3, 0.4) is 0 Å². The van der Waals surface area contributed by atoms with Crippen molar-refractivity contribution in [3.8, 4) is 0 Å². The van der Waals surface area contributed by atoms with Crippen LogP contribution in [0.4, 0.5) is 4.39 Å². The predicted octanol–water partition coefficient (Wildman–Crippen LogP) is 3.24. The van der Waals surface area contributed by atoms with Crippen molar-refractivity contribution < 1.29 is 9.50 Å². The largest absolute Gasteiger partial charge is 0.392 e. The lowest BCUT2D eigenvalue weighted by Gasteiger charge is -2.09. The van der Waals surface area contributed by atoms with E-state index in [9.17, 15) is 4.39 Å². The Bertz CT molecular complexity index is 453. The summed E-state index contributed by atoms with van der Waals surface area (Å²) in [6, 6.07) is 16.0. The van der Waals surface area contributed by atoms with E-state index in [4.69, 9.17) is 5.11 Å². The summed E-state index contributed by atoms with van der Waals surface area (Å²) in [6.45, 7) is -0.0602. The molecular weight excluding hydrogens is 203 g/mol. The summed E-state index contributed by atoms with van der Waals surface area (Å²) in [5.41, 5.74) is 1.95. The van der Waals surface area contributed by atoms with E-state index >= 15 is 0 Å². The molecule has 0 spiro atoms. The van der Waals surface area contributed by atoms with Crippen molar-refractivity contribution in [3.05, 3.63) is 71.3 Å². The molecule has 2 rings (SSSR count). The predicted molar refractivity (Wildman–Crippen MR) is 61.8 cm³/mol. The average Bonchev–Trinajstić information content (AvgIpc) is 2.39. The van der Waals surface area contributed by atoms with Crippen molar-refractivity contribution in [3.63, 3.8) is 0 Å². The molecule has 1 atom stereocenters. The lowest BCUT2D eigenvalue weighted by molar-refractivity contribution is 0.281. The molecule has 1 unspecified atom stereocenters. The average molecular weight is 216 g/mol. The normalized spacial score (nSPS) is 12.4. The highest BCUT2D eigenvalue weighted by Crippen LogP contribution is 2.26. The molecule has 0 saturated heterocycles. The maximum absolute atomic E-state index is 14.1. The third-order valence-corrected chi connectivity index (χ3v) is 2.52. The molecule has 0 aromatic heterocycles. The van der Waals surface area contributed by atoms with Crippen LogP contribution in [0.2, 0.25) is 0 Å². The molecule has 0 heterocycles. The van der Waals surface area contributed by atoms with E-state index in [1.807, 2.05) is 18.2 Å². The van der Waals surface area contributed by atoms with Gasteiger partial charge < -0.3 is 5.11 Å². The quantitative estimate of drug-likeness (QED) is 0.835. The summed E-state index contributed by atoms with van der Waals surface area (Å²) in [6.07, 6.45) is -1.13. The topological polar surface area (TPSA) is 20.2 Å². The van der Waals surface area contributed by atoms with Crippen molar-refractivity contribution in [2.45, 2.75) is 12.8 Å². The number of halogens is 1. The van der Waals surface area contributed by atoms with Gasteiger partial charge in [-0.1, -0.05) is 54.6 Å². The number of benzene rings is 2. The Labute approximate surface area is 94.2 Å². The van der Waals surface area contributed by atoms with Crippen LogP contribution in [0.15, 0.2) is 54.6 Å². The zero-order chi connectivity index (χ0) is 11.4. The molecule has 2 aromatic rings. The van der Waals surface area contributed by atoms with Gasteiger partial charge >= 0.3 is 0 Å². The maximum atomic E-state index is 14.1. The summed E-state index contributed by atoms with van der Waals surface area (Å²) in [5.74, 6) is 0. The standard InChI is InChI=1S/C14H13FO/c15-14(12-6-2-1-3-7-12)13-8-4-5-11(9-13)10-16/h1-9,14,16H,10H2. The molecule has 82 valence electrons. The second kappa shape index (κ2) is 4.90. The van der Waals surface area contributed by atoms with Gasteiger partial charge in [0.1, 0.15) is 0 Å². The number of hydrogen-bond donors (Lipinski definition) is 1. The molecule has 0 amide bonds. The number of aliphatic hydroxyl groups is 1. The minimum Gasteiger partial charge on any atom is -0.392 e. The molecule has 0 aliphatic heterocycles. The van der Waals surface area contributed by atoms with Crippen molar-refractivity contribution in [1.29, 1.82) is 0 Å². The summed E-state index contributed by atoms with van der Waals surface area (Å²) in [7, 11) is 0. The molecule has 0 radical (unpaired) electrons. The Morgan fingerprint density at radius 2 is 1.62 bits per heavy atom. The smallest absolute Gasteiger partial charge is 0.150 e. The highest BCUT2D eigenvalue weighted by Gasteiger charge is 2.11. The van der Waals surface area contributed by atoms with Gasteiger partial charge in [0.05, 0.1) is 6.61 Å². The maximum Gasteiger partial charge on any atom is 0.150 e. The fraction of sp³-hybridized carbons (Fsp3) is 0.143. The molecule has 1 nitrogen and oxygen atoms in total. The zero-order valence-corrected chi connectivity index (χ0v) is 8.81. The molecule has 1 N–H and O–H groups in total. The van der Waals surface area contributed by atoms with Crippen LogP contribution in [0.5, 0.6) is 0 Å². The highest BCUT2D eigenvalue weighted by molar-refractivity contribution is 5.32. The third-order valence-electron chi connectivity index (χ3n) is 2.52. The number of alkyl halides is 1. The van der Waals surface area contributed by atoms with Gasteiger partial charge in [0, 0.05) is 0 Å². The highest BCUT2D eigenvalue weighted by atomic mass is 19.1. The van der Waals surface area contributed by atoms with Crippen molar-refractivity contribution >= 4 is 0 Å². The number of hydrogen-bond acceptors (Lipinski definition) is 1. The Hall–Kier alpha value is -1.67. The Morgan fingerprint density at radius 3 is 2.31 bits per heavy atom. The van der Waals surface area contributed by atoms with E-state index in [-0.39, 0.29) is 6.61 Å². The van der Waals surface area contributed by atoms with E-state index in [2.05, 4.69) is 0 Å². The van der Waals surface area contributed by atoms with Gasteiger partial charge in [-0.3, -0.25) is 0 Å². The van der Waals surface area contributed by atoms with Crippen molar-refractivity contribution in [1.82, 2.24) is 0 Å². The molecule has 16 heavy (non-hydrogen) atoms. The summed E-state index contributed by atoms with van der Waals surface area (Å²) >= 11 is 0. The fourth-order valence-electron chi connectivity index (χ4n) is 1.66. The Balaban J connectivity index is 2.30. The number of rotatable bonds is 3. The summed E-state index contributed by atoms with van der Waals surface area (Å²) in [5, 5.41) is 8.99. The van der Waals surface area contributed by atoms with Crippen LogP contribution >= 0.6 is 0 Å². The first-order valence-corrected chi connectivity index (χ1v) is 5.20. The first-order chi connectivity index (χ1) is 7.81. The van der Waals surface area contributed by atoms with Gasteiger partial charge in [-0.15, -0.1) is 0 Å². The Kier molecular flexibility index (Phi) is 3.32. The molecule has 0 aliphatic carbocycles. The van der Waals surface area contributed by atoms with Gasteiger partial charge in [0.25, 0.3) is 0 Å². The van der Waals surface area contributed by atoms with Crippen molar-refractivity contribution in [2.24, 2.45) is 0 Å². The molecular formula is C14H13FO. The lowest BCUT2D eigenvalue weighted by atomic mass is 10.0. The van der Waals surface area contributed by atoms with Crippen LogP contribution < -0.4 is 0 Å². The molecule has 0 fully saturated rings. The first kappa shape index (κ1) is 10.8. The number of aliphatic hydroxyl groups excluding tert-OH is 1. The van der Waals surface area contributed by atoms with Crippen LogP contribution in [0, 0.1) is 0 Å². The minimum absolute atomic E-state index is 0.0602. The van der Waals surface area contributed by atoms with Crippen molar-refractivity contribution in [2.75, 3.05) is 0 Å². The molecule has 2 heteroatoms. The Morgan fingerprint density at radius 1 is 0.938 bits per heavy atom. The van der Waals surface area contributed by atoms with Crippen LogP contribution in [-0.4, -0.2) is 5.11 Å². The third kappa shape index (κ3) is 2.28. The fourth-order valence-corrected chi connectivity index (χ4v) is 1.66. The molecule has 2 aromatic carbocycles. The van der Waals surface area contributed by atoms with Gasteiger partial charge in [-0.25, -0.2) is 4.39 Å². The van der Waals surface area contributed by atoms with E-state index in [0.29, 0.717) is 11.1 Å².